The van der Waals surface area contributed by atoms with Crippen molar-refractivity contribution in [2.45, 2.75) is 31.2 Å². The molecule has 1 aromatic carbocycles. The van der Waals surface area contributed by atoms with Crippen LogP contribution in [0.15, 0.2) is 17.0 Å². The maximum atomic E-state index is 13.6. The van der Waals surface area contributed by atoms with Crippen LogP contribution in [0.3, 0.4) is 0 Å². The molecular formula is C12H14Cl2FNO4S. The Labute approximate surface area is 132 Å². The predicted octanol–water partition coefficient (Wildman–Crippen LogP) is 2.91. The van der Waals surface area contributed by atoms with Gasteiger partial charge in [0.1, 0.15) is 10.9 Å². The van der Waals surface area contributed by atoms with Gasteiger partial charge in [-0.05, 0) is 18.1 Å². The summed E-state index contributed by atoms with van der Waals surface area (Å²) >= 11 is 11.1. The molecule has 0 amide bonds. The molecule has 0 saturated heterocycles. The van der Waals surface area contributed by atoms with E-state index in [0.717, 1.165) is 12.1 Å². The van der Waals surface area contributed by atoms with E-state index < -0.39 is 43.7 Å². The van der Waals surface area contributed by atoms with Gasteiger partial charge in [0.05, 0.1) is 10.0 Å². The van der Waals surface area contributed by atoms with Gasteiger partial charge >= 0.3 is 5.97 Å². The molecule has 2 atom stereocenters. The molecule has 0 fully saturated rings. The van der Waals surface area contributed by atoms with E-state index >= 15 is 0 Å². The van der Waals surface area contributed by atoms with Crippen molar-refractivity contribution in [2.24, 2.45) is 5.92 Å². The Hall–Kier alpha value is -0.890. The zero-order valence-electron chi connectivity index (χ0n) is 11.2. The summed E-state index contributed by atoms with van der Waals surface area (Å²) in [6.07, 6.45) is 0.447. The Morgan fingerprint density at radius 1 is 1.43 bits per heavy atom. The van der Waals surface area contributed by atoms with Crippen LogP contribution in [0, 0.1) is 11.7 Å². The molecule has 5 nitrogen and oxygen atoms in total. The SMILES string of the molecule is CC[C@H](C)[C@H](NS(=O)(=O)c1ccc(Cl)c(F)c1Cl)C(=O)O. The van der Waals surface area contributed by atoms with Crippen molar-refractivity contribution in [2.75, 3.05) is 0 Å². The average molecular weight is 358 g/mol. The van der Waals surface area contributed by atoms with Crippen molar-refractivity contribution in [3.05, 3.63) is 28.0 Å². The quantitative estimate of drug-likeness (QED) is 0.766. The van der Waals surface area contributed by atoms with Crippen molar-refractivity contribution < 1.29 is 22.7 Å². The van der Waals surface area contributed by atoms with Crippen molar-refractivity contribution in [1.29, 1.82) is 0 Å². The van der Waals surface area contributed by atoms with Gasteiger partial charge in [-0.3, -0.25) is 4.79 Å². The monoisotopic (exact) mass is 357 g/mol. The van der Waals surface area contributed by atoms with Crippen molar-refractivity contribution in [3.63, 3.8) is 0 Å². The van der Waals surface area contributed by atoms with Crippen LogP contribution in [0.2, 0.25) is 10.0 Å². The van der Waals surface area contributed by atoms with Crippen molar-refractivity contribution in [3.8, 4) is 0 Å². The zero-order chi connectivity index (χ0) is 16.4. The molecule has 0 heterocycles. The number of nitrogens with one attached hydrogen (secondary N) is 1. The lowest BCUT2D eigenvalue weighted by molar-refractivity contribution is -0.140. The normalized spacial score (nSPS) is 14.7. The van der Waals surface area contributed by atoms with Gasteiger partial charge in [-0.2, -0.15) is 4.72 Å². The number of carbonyl (C=O) groups is 1. The maximum absolute atomic E-state index is 13.6. The fraction of sp³-hybridized carbons (Fsp3) is 0.417. The van der Waals surface area contributed by atoms with E-state index in [-0.39, 0.29) is 5.02 Å². The molecule has 9 heteroatoms. The average Bonchev–Trinajstić information content (AvgIpc) is 2.40. The number of benzene rings is 1. The summed E-state index contributed by atoms with van der Waals surface area (Å²) in [5, 5.41) is 8.10. The summed E-state index contributed by atoms with van der Waals surface area (Å²) < 4.78 is 40.0. The lowest BCUT2D eigenvalue weighted by Crippen LogP contribution is -2.45. The summed E-state index contributed by atoms with van der Waals surface area (Å²) in [6, 6.07) is 0.719. The summed E-state index contributed by atoms with van der Waals surface area (Å²) in [6.45, 7) is 3.31. The van der Waals surface area contributed by atoms with Crippen LogP contribution >= 0.6 is 23.2 Å². The second-order valence-corrected chi connectivity index (χ2v) is 6.96. The molecule has 1 aromatic rings. The molecule has 0 saturated carbocycles. The van der Waals surface area contributed by atoms with Gasteiger partial charge in [-0.1, -0.05) is 43.5 Å². The zero-order valence-corrected chi connectivity index (χ0v) is 13.6. The number of hydrogen-bond donors (Lipinski definition) is 2. The first kappa shape index (κ1) is 18.2. The number of hydrogen-bond acceptors (Lipinski definition) is 3. The molecule has 21 heavy (non-hydrogen) atoms. The van der Waals surface area contributed by atoms with Crippen molar-refractivity contribution >= 4 is 39.2 Å². The minimum Gasteiger partial charge on any atom is -0.480 e. The molecular weight excluding hydrogens is 344 g/mol. The van der Waals surface area contributed by atoms with Crippen LogP contribution in [-0.2, 0) is 14.8 Å². The highest BCUT2D eigenvalue weighted by Gasteiger charge is 2.31. The third kappa shape index (κ3) is 4.06. The van der Waals surface area contributed by atoms with Gasteiger partial charge in [0.25, 0.3) is 0 Å². The lowest BCUT2D eigenvalue weighted by atomic mass is 10.0. The van der Waals surface area contributed by atoms with E-state index in [9.17, 15) is 17.6 Å². The first-order valence-electron chi connectivity index (χ1n) is 6.00. The van der Waals surface area contributed by atoms with E-state index in [2.05, 4.69) is 0 Å². The summed E-state index contributed by atoms with van der Waals surface area (Å²) in [4.78, 5) is 10.6. The van der Waals surface area contributed by atoms with Crippen LogP contribution in [0.4, 0.5) is 4.39 Å². The Morgan fingerprint density at radius 2 is 2.00 bits per heavy atom. The molecule has 0 radical (unpaired) electrons. The Bertz CT molecular complexity index is 651. The smallest absolute Gasteiger partial charge is 0.322 e. The molecule has 0 bridgehead atoms. The number of aliphatic carboxylic acids is 1. The van der Waals surface area contributed by atoms with E-state index in [0.29, 0.717) is 6.42 Å². The van der Waals surface area contributed by atoms with E-state index in [1.807, 2.05) is 4.72 Å². The minimum atomic E-state index is -4.29. The highest BCUT2D eigenvalue weighted by Crippen LogP contribution is 2.29. The third-order valence-electron chi connectivity index (χ3n) is 3.05. The second kappa shape index (κ2) is 6.91. The molecule has 1 rings (SSSR count). The minimum absolute atomic E-state index is 0.323. The van der Waals surface area contributed by atoms with Gasteiger partial charge in [0.15, 0.2) is 5.82 Å². The van der Waals surface area contributed by atoms with E-state index in [4.69, 9.17) is 28.3 Å². The number of carboxylic acid groups (broad SMARTS) is 1. The molecule has 0 aliphatic carbocycles. The van der Waals surface area contributed by atoms with Crippen LogP contribution in [-0.4, -0.2) is 25.5 Å². The van der Waals surface area contributed by atoms with Crippen LogP contribution < -0.4 is 4.72 Å². The Morgan fingerprint density at radius 3 is 2.48 bits per heavy atom. The van der Waals surface area contributed by atoms with Crippen LogP contribution in [0.1, 0.15) is 20.3 Å². The molecule has 0 aromatic heterocycles. The molecule has 0 unspecified atom stereocenters. The largest absolute Gasteiger partial charge is 0.480 e. The third-order valence-corrected chi connectivity index (χ3v) is 5.31. The predicted molar refractivity (Wildman–Crippen MR) is 77.6 cm³/mol. The molecule has 0 spiro atoms. The van der Waals surface area contributed by atoms with Crippen molar-refractivity contribution in [1.82, 2.24) is 4.72 Å². The first-order valence-corrected chi connectivity index (χ1v) is 8.24. The van der Waals surface area contributed by atoms with E-state index in [1.165, 1.54) is 0 Å². The maximum Gasteiger partial charge on any atom is 0.322 e. The lowest BCUT2D eigenvalue weighted by Gasteiger charge is -2.20. The van der Waals surface area contributed by atoms with Crippen LogP contribution in [0.5, 0.6) is 0 Å². The fourth-order valence-electron chi connectivity index (χ4n) is 1.59. The first-order chi connectivity index (χ1) is 9.61. The van der Waals surface area contributed by atoms with Gasteiger partial charge < -0.3 is 5.11 Å². The number of carboxylic acids is 1. The molecule has 118 valence electrons. The Kier molecular flexibility index (Phi) is 5.98. The van der Waals surface area contributed by atoms with Gasteiger partial charge in [-0.25, -0.2) is 12.8 Å². The summed E-state index contributed by atoms with van der Waals surface area (Å²) in [5.74, 6) is -2.84. The van der Waals surface area contributed by atoms with Gasteiger partial charge in [0, 0.05) is 0 Å². The highest BCUT2D eigenvalue weighted by atomic mass is 35.5. The van der Waals surface area contributed by atoms with Gasteiger partial charge in [-0.15, -0.1) is 0 Å². The number of sulfonamides is 1. The van der Waals surface area contributed by atoms with Crippen LogP contribution in [0.25, 0.3) is 0 Å². The Balaban J connectivity index is 3.23. The number of halogens is 3. The molecule has 0 aliphatic rings. The molecule has 0 aliphatic heterocycles. The molecule has 2 N–H and O–H groups in total. The topological polar surface area (TPSA) is 83.5 Å². The van der Waals surface area contributed by atoms with Gasteiger partial charge in [0.2, 0.25) is 10.0 Å². The number of rotatable bonds is 6. The summed E-state index contributed by atoms with van der Waals surface area (Å²) in [5.41, 5.74) is 0. The standard InChI is InChI=1S/C12H14Cl2FNO4S/c1-3-6(2)11(12(17)18)16-21(19,20)8-5-4-7(13)10(15)9(8)14/h4-6,11,16H,3H2,1-2H3,(H,17,18)/t6-,11-/m0/s1. The van der Waals surface area contributed by atoms with E-state index in [1.54, 1.807) is 13.8 Å². The second-order valence-electron chi connectivity index (χ2n) is 4.50. The summed E-state index contributed by atoms with van der Waals surface area (Å²) in [7, 11) is -4.29. The highest BCUT2D eigenvalue weighted by molar-refractivity contribution is 7.89. The fourth-order valence-corrected chi connectivity index (χ4v) is 3.63.